The number of ether oxygens (including phenoxy) is 6. The van der Waals surface area contributed by atoms with Gasteiger partial charge < -0.3 is 64.8 Å². The molecule has 0 bridgehead atoms. The third-order valence-electron chi connectivity index (χ3n) is 14.0. The molecular weight excluding hydrogens is 1100 g/mol. The molecule has 0 heterocycles. The Morgan fingerprint density at radius 1 is 0.512 bits per heavy atom. The van der Waals surface area contributed by atoms with Crippen LogP contribution in [-0.4, -0.2) is 114 Å². The van der Waals surface area contributed by atoms with Crippen molar-refractivity contribution in [2.24, 2.45) is 5.41 Å². The molecule has 0 spiro atoms. The van der Waals surface area contributed by atoms with Crippen molar-refractivity contribution in [2.45, 2.75) is 71.4 Å². The predicted molar refractivity (Wildman–Crippen MR) is 339 cm³/mol. The van der Waals surface area contributed by atoms with Crippen molar-refractivity contribution in [1.29, 1.82) is 0 Å². The molecule has 0 amide bonds. The molecule has 6 aromatic rings. The van der Waals surface area contributed by atoms with Gasteiger partial charge in [0, 0.05) is 107 Å². The number of methoxy groups -OCH3 is 4. The number of esters is 2. The second-order valence-electron chi connectivity index (χ2n) is 19.9. The Kier molecular flexibility index (Phi) is 28.9. The van der Waals surface area contributed by atoms with E-state index in [0.717, 1.165) is 69.1 Å². The van der Waals surface area contributed by atoms with Crippen LogP contribution in [0.5, 0.6) is 23.0 Å². The smallest absolute Gasteiger partial charge is 0.497 e. The average Bonchev–Trinajstić information content (AvgIpc) is 2.96. The highest BCUT2D eigenvalue weighted by atomic mass is 28.4. The summed E-state index contributed by atoms with van der Waals surface area (Å²) in [6, 6.07) is 50.0. The van der Waals surface area contributed by atoms with Gasteiger partial charge in [-0.05, 0) is 161 Å². The molecule has 16 nitrogen and oxygen atoms in total. The summed E-state index contributed by atoms with van der Waals surface area (Å²) in [5.74, 6) is 2.84. The second-order valence-corrected chi connectivity index (χ2v) is 26.1. The van der Waals surface area contributed by atoms with Gasteiger partial charge in [-0.1, -0.05) is 62.6 Å². The number of hydrogen-bond donors (Lipinski definition) is 0. The van der Waals surface area contributed by atoms with Gasteiger partial charge in [0.1, 0.15) is 23.0 Å². The molecule has 1 atom stereocenters. The first-order valence-electron chi connectivity index (χ1n) is 27.7. The Hall–Kier alpha value is -7.27. The summed E-state index contributed by atoms with van der Waals surface area (Å²) >= 11 is 0. The van der Waals surface area contributed by atoms with E-state index in [0.29, 0.717) is 50.1 Å². The summed E-state index contributed by atoms with van der Waals surface area (Å²) in [6.45, 7) is 15.6. The molecule has 0 aliphatic rings. The SMILES string of the molecule is C=C(C)C(=O)OCCC[Si](OC)(OC)OC.C=Cc1ccc(N(c2ccc(OC)cc2)c2cccc(OC)c2)cc1.CCC(CC(C)(C)C(=O)OCCC[Si](OC)(OC)OC)c1ccc(N(c2ccc(OC)cc2)c2cccc(OC)c2)cc1. The topological polar surface area (TPSA) is 151 Å². The molecule has 0 radical (unpaired) electrons. The minimum absolute atomic E-state index is 0.193. The van der Waals surface area contributed by atoms with Crippen LogP contribution in [0.3, 0.4) is 0 Å². The normalized spacial score (nSPS) is 11.5. The number of anilines is 6. The van der Waals surface area contributed by atoms with Gasteiger partial charge in [-0.15, -0.1) is 0 Å². The molecule has 0 aromatic heterocycles. The zero-order valence-electron chi connectivity index (χ0n) is 51.7. The van der Waals surface area contributed by atoms with Gasteiger partial charge >= 0.3 is 29.5 Å². The van der Waals surface area contributed by atoms with Gasteiger partial charge in [-0.2, -0.15) is 0 Å². The van der Waals surface area contributed by atoms with Gasteiger partial charge in [-0.3, -0.25) is 4.79 Å². The van der Waals surface area contributed by atoms with E-state index in [1.54, 1.807) is 78.0 Å². The van der Waals surface area contributed by atoms with Crippen LogP contribution >= 0.6 is 0 Å². The van der Waals surface area contributed by atoms with E-state index in [1.165, 1.54) is 5.56 Å². The summed E-state index contributed by atoms with van der Waals surface area (Å²) in [6.07, 6.45) is 4.67. The minimum Gasteiger partial charge on any atom is -0.497 e. The maximum Gasteiger partial charge on any atom is 0.500 e. The lowest BCUT2D eigenvalue weighted by Crippen LogP contribution is -2.42. The van der Waals surface area contributed by atoms with Gasteiger partial charge in [0.15, 0.2) is 0 Å². The summed E-state index contributed by atoms with van der Waals surface area (Å²) in [4.78, 5) is 28.5. The first-order valence-corrected chi connectivity index (χ1v) is 31.6. The Morgan fingerprint density at radius 2 is 0.881 bits per heavy atom. The van der Waals surface area contributed by atoms with Crippen LogP contribution in [0, 0.1) is 5.41 Å². The van der Waals surface area contributed by atoms with Gasteiger partial charge in [0.05, 0.1) is 47.1 Å². The van der Waals surface area contributed by atoms with Crippen molar-refractivity contribution >= 4 is 69.7 Å². The summed E-state index contributed by atoms with van der Waals surface area (Å²) < 4.78 is 64.3. The largest absolute Gasteiger partial charge is 0.500 e. The minimum atomic E-state index is -2.68. The Labute approximate surface area is 501 Å². The van der Waals surface area contributed by atoms with Gasteiger partial charge in [-0.25, -0.2) is 4.79 Å². The van der Waals surface area contributed by atoms with Crippen molar-refractivity contribution in [1.82, 2.24) is 0 Å². The van der Waals surface area contributed by atoms with E-state index in [1.807, 2.05) is 105 Å². The molecule has 0 aliphatic carbocycles. The molecule has 0 aliphatic heterocycles. The van der Waals surface area contributed by atoms with E-state index >= 15 is 0 Å². The molecule has 0 fully saturated rings. The lowest BCUT2D eigenvalue weighted by molar-refractivity contribution is -0.154. The molecule has 454 valence electrons. The summed E-state index contributed by atoms with van der Waals surface area (Å²) in [5.41, 5.74) is 8.14. The maximum absolute atomic E-state index is 13.1. The average molecular weight is 1190 g/mol. The second kappa shape index (κ2) is 35.1. The third-order valence-corrected chi connectivity index (χ3v) is 19.7. The number of nitrogens with zero attached hydrogens (tertiary/aromatic N) is 2. The van der Waals surface area contributed by atoms with Crippen LogP contribution in [0.25, 0.3) is 6.08 Å². The molecular formula is C66H88N2O14Si2. The highest BCUT2D eigenvalue weighted by Gasteiger charge is 2.39. The van der Waals surface area contributed by atoms with Crippen molar-refractivity contribution in [2.75, 3.05) is 94.1 Å². The van der Waals surface area contributed by atoms with Crippen LogP contribution in [0.2, 0.25) is 12.1 Å². The standard InChI is InChI=1S/C34H47NO7Si.C22H21NO2.C10H20O5Si/c1-9-26(25-34(2,3)33(36)42-22-11-23-43(39-6,40-7)41-8)27-14-16-28(17-15-27)35(29-18-20-31(37-4)21-19-29)30-12-10-13-32(24-30)38-5;1-4-17-8-10-18(11-9-17)23(19-12-14-21(24-2)15-13-19)20-6-5-7-22(16-20)25-3;1-9(2)10(11)15-7-6-8-16(12-3,13-4)14-5/h10,12-21,24,26H,9,11,22-23,25H2,1-8H3;4-16H,1H2,2-3H3;1,6-8H2,2-5H3. The van der Waals surface area contributed by atoms with Crippen LogP contribution in [0.1, 0.15) is 70.4 Å². The van der Waals surface area contributed by atoms with Crippen LogP contribution in [0.4, 0.5) is 34.1 Å². The highest BCUT2D eigenvalue weighted by Crippen LogP contribution is 2.41. The number of carbonyl (C=O) groups excluding carboxylic acids is 2. The van der Waals surface area contributed by atoms with Crippen molar-refractivity contribution in [3.05, 3.63) is 175 Å². The quantitative estimate of drug-likeness (QED) is 0.0175. The number of hydrogen-bond acceptors (Lipinski definition) is 16. The fourth-order valence-corrected chi connectivity index (χ4v) is 12.4. The third kappa shape index (κ3) is 20.2. The molecule has 84 heavy (non-hydrogen) atoms. The first-order chi connectivity index (χ1) is 40.4. The number of carbonyl (C=O) groups is 2. The van der Waals surface area contributed by atoms with Crippen molar-refractivity contribution in [3.8, 4) is 23.0 Å². The summed E-state index contributed by atoms with van der Waals surface area (Å²) in [7, 11) is 10.9. The molecule has 0 N–H and O–H groups in total. The fraction of sp³-hybridized carbons (Fsp3) is 0.364. The van der Waals surface area contributed by atoms with Crippen molar-refractivity contribution < 1.29 is 64.6 Å². The maximum atomic E-state index is 13.1. The first kappa shape index (κ1) is 69.2. The molecule has 6 rings (SSSR count). The zero-order chi connectivity index (χ0) is 61.7. The van der Waals surface area contributed by atoms with E-state index in [4.69, 9.17) is 55.0 Å². The lowest BCUT2D eigenvalue weighted by atomic mass is 9.79. The highest BCUT2D eigenvalue weighted by molar-refractivity contribution is 6.60. The van der Waals surface area contributed by atoms with Gasteiger partial charge in [0.2, 0.25) is 0 Å². The van der Waals surface area contributed by atoms with E-state index in [-0.39, 0.29) is 17.9 Å². The van der Waals surface area contributed by atoms with Gasteiger partial charge in [0.25, 0.3) is 0 Å². The summed E-state index contributed by atoms with van der Waals surface area (Å²) in [5, 5.41) is 0. The zero-order valence-corrected chi connectivity index (χ0v) is 53.7. The monoisotopic (exact) mass is 1190 g/mol. The molecule has 0 saturated carbocycles. The van der Waals surface area contributed by atoms with Crippen LogP contribution in [-0.2, 0) is 45.6 Å². The van der Waals surface area contributed by atoms with E-state index in [2.05, 4.69) is 90.5 Å². The van der Waals surface area contributed by atoms with E-state index < -0.39 is 23.0 Å². The van der Waals surface area contributed by atoms with Crippen molar-refractivity contribution in [3.63, 3.8) is 0 Å². The Morgan fingerprint density at radius 3 is 1.23 bits per heavy atom. The van der Waals surface area contributed by atoms with Crippen LogP contribution in [0.15, 0.2) is 164 Å². The molecule has 0 saturated heterocycles. The van der Waals surface area contributed by atoms with Crippen LogP contribution < -0.4 is 28.7 Å². The number of benzene rings is 6. The number of rotatable bonds is 31. The predicted octanol–water partition coefficient (Wildman–Crippen LogP) is 15.1. The molecule has 1 unspecified atom stereocenters. The lowest BCUT2D eigenvalue weighted by Gasteiger charge is -2.29. The van der Waals surface area contributed by atoms with E-state index in [9.17, 15) is 9.59 Å². The molecule has 18 heteroatoms. The Balaban J connectivity index is 0.000000309. The Bertz CT molecular complexity index is 2900. The fourth-order valence-electron chi connectivity index (χ4n) is 9.05. The molecule has 6 aromatic carbocycles.